The number of fused-ring (bicyclic) bond motifs is 8. The van der Waals surface area contributed by atoms with Crippen LogP contribution in [0.1, 0.15) is 174 Å². The van der Waals surface area contributed by atoms with Gasteiger partial charge >= 0.3 is 0 Å². The average Bonchev–Trinajstić information content (AvgIpc) is 3.88. The fourth-order valence-corrected chi connectivity index (χ4v) is 9.90. The van der Waals surface area contributed by atoms with E-state index < -0.39 is 0 Å². The minimum Gasteiger partial charge on any atom is -0.361 e. The van der Waals surface area contributed by atoms with Gasteiger partial charge in [-0.15, -0.1) is 0 Å². The molecular weight excluding hydrogens is 562 g/mol. The van der Waals surface area contributed by atoms with Gasteiger partial charge in [0.05, 0.1) is 11.0 Å². The Kier molecular flexibility index (Phi) is 9.96. The van der Waals surface area contributed by atoms with Crippen molar-refractivity contribution in [2.24, 2.45) is 4.99 Å². The summed E-state index contributed by atoms with van der Waals surface area (Å²) in [5, 5.41) is 4.33. The maximum absolute atomic E-state index is 4.89. The van der Waals surface area contributed by atoms with Gasteiger partial charge in [0.25, 0.3) is 0 Å². The highest BCUT2D eigenvalue weighted by Gasteiger charge is 2.49. The summed E-state index contributed by atoms with van der Waals surface area (Å²) in [6.07, 6.45) is 14.1. The molecule has 46 heavy (non-hydrogen) atoms. The molecule has 4 N–H and O–H groups in total. The Morgan fingerprint density at radius 3 is 1.33 bits per heavy atom. The van der Waals surface area contributed by atoms with Gasteiger partial charge in [-0.1, -0.05) is 48.5 Å². The third-order valence-electron chi connectivity index (χ3n) is 13.2. The SMILES string of the molecule is CCC1(CC)c2ccc([nH]2)C(CC)(CCC=NC(C)(C)C)c2ccc([nH]2)C(CC)(CC)C2CCC(N2)C(CC)(CC)c2ccc1[nH]2. The molecule has 8 bridgehead atoms. The van der Waals surface area contributed by atoms with E-state index in [1.165, 1.54) is 47.0 Å². The Balaban J connectivity index is 1.76. The number of aromatic amines is 3. The molecule has 5 heterocycles. The first kappa shape index (κ1) is 34.8. The van der Waals surface area contributed by atoms with E-state index in [0.29, 0.717) is 12.1 Å². The van der Waals surface area contributed by atoms with E-state index in [1.807, 2.05) is 0 Å². The van der Waals surface area contributed by atoms with E-state index >= 15 is 0 Å². The van der Waals surface area contributed by atoms with E-state index in [0.717, 1.165) is 57.8 Å². The lowest BCUT2D eigenvalue weighted by molar-refractivity contribution is 0.238. The van der Waals surface area contributed by atoms with Gasteiger partial charge in [0, 0.05) is 62.5 Å². The van der Waals surface area contributed by atoms with Crippen LogP contribution in [0.15, 0.2) is 41.4 Å². The monoisotopic (exact) mass is 628 g/mol. The van der Waals surface area contributed by atoms with Crippen LogP contribution in [0.3, 0.4) is 0 Å². The number of hydrogen-bond acceptors (Lipinski definition) is 2. The summed E-state index contributed by atoms with van der Waals surface area (Å²) < 4.78 is 0. The van der Waals surface area contributed by atoms with Gasteiger partial charge in [-0.05, 0) is 134 Å². The van der Waals surface area contributed by atoms with Gasteiger partial charge in [-0.2, -0.15) is 0 Å². The largest absolute Gasteiger partial charge is 0.361 e. The van der Waals surface area contributed by atoms with Crippen molar-refractivity contribution < 1.29 is 0 Å². The molecule has 0 aliphatic carbocycles. The molecule has 3 atom stereocenters. The van der Waals surface area contributed by atoms with E-state index in [4.69, 9.17) is 4.99 Å². The highest BCUT2D eigenvalue weighted by molar-refractivity contribution is 5.58. The number of aliphatic imine (C=N–C) groups is 1. The smallest absolute Gasteiger partial charge is 0.0520 e. The molecule has 3 aromatic rings. The lowest BCUT2D eigenvalue weighted by atomic mass is 9.72. The fraction of sp³-hybridized carbons (Fsp3) is 0.683. The van der Waals surface area contributed by atoms with Gasteiger partial charge in [0.2, 0.25) is 0 Å². The van der Waals surface area contributed by atoms with Crippen LogP contribution >= 0.6 is 0 Å². The van der Waals surface area contributed by atoms with Crippen molar-refractivity contribution in [2.45, 2.75) is 179 Å². The van der Waals surface area contributed by atoms with Crippen LogP contribution in [0.4, 0.5) is 0 Å². The maximum atomic E-state index is 4.89. The number of nitrogens with one attached hydrogen (secondary N) is 4. The van der Waals surface area contributed by atoms with Crippen molar-refractivity contribution in [1.29, 1.82) is 0 Å². The quantitative estimate of drug-likeness (QED) is 0.166. The topological polar surface area (TPSA) is 71.8 Å². The number of rotatable bonds is 10. The first-order chi connectivity index (χ1) is 22.0. The number of hydrogen-bond donors (Lipinski definition) is 4. The molecule has 254 valence electrons. The van der Waals surface area contributed by atoms with Gasteiger partial charge in [0.15, 0.2) is 0 Å². The summed E-state index contributed by atoms with van der Waals surface area (Å²) in [4.78, 5) is 17.3. The van der Waals surface area contributed by atoms with Crippen molar-refractivity contribution in [3.8, 4) is 0 Å². The molecule has 3 aromatic heterocycles. The fourth-order valence-electron chi connectivity index (χ4n) is 9.90. The molecule has 5 nitrogen and oxygen atoms in total. The lowest BCUT2D eigenvalue weighted by Gasteiger charge is -2.42. The summed E-state index contributed by atoms with van der Waals surface area (Å²) in [6.45, 7) is 23.3. The molecule has 2 aliphatic rings. The molecule has 0 aromatic carbocycles. The van der Waals surface area contributed by atoms with Gasteiger partial charge in [-0.3, -0.25) is 4.99 Å². The Hall–Kier alpha value is -2.53. The van der Waals surface area contributed by atoms with Crippen molar-refractivity contribution in [3.05, 3.63) is 70.6 Å². The molecule has 1 saturated heterocycles. The molecule has 0 spiro atoms. The van der Waals surface area contributed by atoms with Crippen molar-refractivity contribution in [3.63, 3.8) is 0 Å². The zero-order valence-electron chi connectivity index (χ0n) is 30.9. The summed E-state index contributed by atoms with van der Waals surface area (Å²) in [5.74, 6) is 0. The second-order valence-electron chi connectivity index (χ2n) is 15.7. The van der Waals surface area contributed by atoms with E-state index in [9.17, 15) is 0 Å². The number of H-pyrrole nitrogens is 3. The Morgan fingerprint density at radius 1 is 0.587 bits per heavy atom. The lowest BCUT2D eigenvalue weighted by Crippen LogP contribution is -2.52. The molecular formula is C41H65N5. The molecule has 3 unspecified atom stereocenters. The van der Waals surface area contributed by atoms with E-state index in [1.54, 1.807) is 0 Å². The predicted octanol–water partition coefficient (Wildman–Crippen LogP) is 10.4. The highest BCUT2D eigenvalue weighted by Crippen LogP contribution is 2.49. The van der Waals surface area contributed by atoms with Crippen molar-refractivity contribution in [2.75, 3.05) is 0 Å². The number of nitrogens with zero attached hydrogens (tertiary/aromatic N) is 1. The Labute approximate surface area is 280 Å². The second kappa shape index (κ2) is 13.2. The zero-order chi connectivity index (χ0) is 33.4. The van der Waals surface area contributed by atoms with Crippen LogP contribution in [-0.2, 0) is 21.7 Å². The van der Waals surface area contributed by atoms with Crippen LogP contribution in [0.2, 0.25) is 0 Å². The van der Waals surface area contributed by atoms with Crippen LogP contribution in [0, 0.1) is 0 Å². The Bertz CT molecular complexity index is 1450. The van der Waals surface area contributed by atoms with Crippen molar-refractivity contribution >= 4 is 6.21 Å². The van der Waals surface area contributed by atoms with Gasteiger partial charge in [0.1, 0.15) is 0 Å². The minimum absolute atomic E-state index is 0.0586. The molecule has 5 rings (SSSR count). The van der Waals surface area contributed by atoms with Crippen LogP contribution in [0.5, 0.6) is 0 Å². The second-order valence-corrected chi connectivity index (χ2v) is 15.7. The standard InChI is InChI=1S/C41H65N5/c1-11-38(12-2)29-19-21-31(43-29)39(13-3,14-4)33-23-25-35(45-33)41(17-7,27-18-28-42-37(8,9)10)36-26-24-34(46-36)40(15-5,16-6)32-22-20-30(38)44-32/h19,21,23-26,28,30,32,43-46H,11-18,20,22,27H2,1-10H3. The minimum atomic E-state index is -0.163. The predicted molar refractivity (Wildman–Crippen MR) is 197 cm³/mol. The van der Waals surface area contributed by atoms with Crippen LogP contribution in [-0.4, -0.2) is 38.8 Å². The first-order valence-electron chi connectivity index (χ1n) is 18.9. The summed E-state index contributed by atoms with van der Waals surface area (Å²) in [5.41, 5.74) is 7.99. The first-order valence-corrected chi connectivity index (χ1v) is 18.9. The van der Waals surface area contributed by atoms with Gasteiger partial charge < -0.3 is 20.3 Å². The summed E-state index contributed by atoms with van der Waals surface area (Å²) in [7, 11) is 0. The van der Waals surface area contributed by atoms with E-state index in [2.05, 4.69) is 132 Å². The van der Waals surface area contributed by atoms with Gasteiger partial charge in [-0.25, -0.2) is 0 Å². The van der Waals surface area contributed by atoms with Crippen molar-refractivity contribution in [1.82, 2.24) is 20.3 Å². The normalized spacial score (nSPS) is 25.3. The highest BCUT2D eigenvalue weighted by atomic mass is 15.0. The third kappa shape index (κ3) is 5.47. The maximum Gasteiger partial charge on any atom is 0.0520 e. The molecule has 0 radical (unpaired) electrons. The molecule has 5 heteroatoms. The molecule has 2 aliphatic heterocycles. The molecule has 0 amide bonds. The van der Waals surface area contributed by atoms with E-state index in [-0.39, 0.29) is 27.2 Å². The van der Waals surface area contributed by atoms with Crippen LogP contribution < -0.4 is 5.32 Å². The van der Waals surface area contributed by atoms with Crippen LogP contribution in [0.25, 0.3) is 0 Å². The summed E-state index contributed by atoms with van der Waals surface area (Å²) in [6, 6.07) is 15.4. The zero-order valence-corrected chi connectivity index (χ0v) is 30.9. The third-order valence-corrected chi connectivity index (χ3v) is 13.2. The molecule has 0 saturated carbocycles. The molecule has 1 fully saturated rings. The number of aromatic nitrogens is 3. The average molecular weight is 628 g/mol. The summed E-state index contributed by atoms with van der Waals surface area (Å²) >= 11 is 0. The Morgan fingerprint density at radius 2 is 0.957 bits per heavy atom.